The van der Waals surface area contributed by atoms with E-state index in [1.807, 2.05) is 20.8 Å². The third-order valence-electron chi connectivity index (χ3n) is 2.51. The molecule has 0 bridgehead atoms. The fraction of sp³-hybridized carbons (Fsp3) is 0.692. The quantitative estimate of drug-likeness (QED) is 0.533. The van der Waals surface area contributed by atoms with Gasteiger partial charge in [0.1, 0.15) is 5.60 Å². The van der Waals surface area contributed by atoms with Crippen molar-refractivity contribution in [2.45, 2.75) is 45.6 Å². The normalized spacial score (nSPS) is 18.7. The van der Waals surface area contributed by atoms with Crippen molar-refractivity contribution in [3.8, 4) is 0 Å². The van der Waals surface area contributed by atoms with Gasteiger partial charge in [0.2, 0.25) is 0 Å². The van der Waals surface area contributed by atoms with E-state index >= 15 is 0 Å². The van der Waals surface area contributed by atoms with Crippen LogP contribution in [0.1, 0.15) is 40.0 Å². The molecule has 1 aliphatic rings. The molecular weight excluding hydrogens is 234 g/mol. The number of amides is 1. The van der Waals surface area contributed by atoms with Crippen molar-refractivity contribution in [1.82, 2.24) is 4.90 Å². The Morgan fingerprint density at radius 3 is 2.50 bits per heavy atom. The summed E-state index contributed by atoms with van der Waals surface area (Å²) in [5.74, 6) is -0.444. The van der Waals surface area contributed by atoms with Crippen molar-refractivity contribution in [3.05, 3.63) is 11.8 Å². The van der Waals surface area contributed by atoms with Crippen LogP contribution in [0.3, 0.4) is 0 Å². The number of esters is 1. The van der Waals surface area contributed by atoms with Gasteiger partial charge in [-0.05, 0) is 40.0 Å². The Morgan fingerprint density at radius 1 is 1.28 bits per heavy atom. The summed E-state index contributed by atoms with van der Waals surface area (Å²) < 4.78 is 9.90. The van der Waals surface area contributed by atoms with Crippen molar-refractivity contribution in [2.24, 2.45) is 0 Å². The van der Waals surface area contributed by atoms with Gasteiger partial charge in [0.05, 0.1) is 7.11 Å². The Balaban J connectivity index is 2.79. The molecular formula is C13H21NO4. The maximum Gasteiger partial charge on any atom is 0.414 e. The van der Waals surface area contributed by atoms with Gasteiger partial charge in [-0.1, -0.05) is 0 Å². The van der Waals surface area contributed by atoms with Crippen molar-refractivity contribution in [2.75, 3.05) is 13.7 Å². The number of likely N-dealkylation sites (tertiary alicyclic amines) is 1. The second-order valence-corrected chi connectivity index (χ2v) is 5.25. The predicted molar refractivity (Wildman–Crippen MR) is 66.9 cm³/mol. The van der Waals surface area contributed by atoms with Crippen LogP contribution in [0.4, 0.5) is 4.79 Å². The first-order valence-corrected chi connectivity index (χ1v) is 6.12. The van der Waals surface area contributed by atoms with Gasteiger partial charge in [0.15, 0.2) is 0 Å². The Bertz CT molecular complexity index is 354. The molecule has 0 aliphatic carbocycles. The number of carbonyl (C=O) groups is 2. The molecule has 0 aromatic rings. The maximum absolute atomic E-state index is 12.0. The largest absolute Gasteiger partial charge is 0.466 e. The summed E-state index contributed by atoms with van der Waals surface area (Å²) in [6.07, 6.45) is 3.52. The Morgan fingerprint density at radius 2 is 1.94 bits per heavy atom. The minimum atomic E-state index is -0.537. The van der Waals surface area contributed by atoms with E-state index in [1.54, 1.807) is 0 Å². The average Bonchev–Trinajstić information content (AvgIpc) is 2.27. The molecule has 1 amide bonds. The summed E-state index contributed by atoms with van der Waals surface area (Å²) in [4.78, 5) is 24.8. The molecule has 0 unspecified atom stereocenters. The van der Waals surface area contributed by atoms with E-state index in [1.165, 1.54) is 18.1 Å². The van der Waals surface area contributed by atoms with Crippen molar-refractivity contribution < 1.29 is 19.1 Å². The molecule has 18 heavy (non-hydrogen) atoms. The van der Waals surface area contributed by atoms with Gasteiger partial charge in [-0.2, -0.15) is 0 Å². The summed E-state index contributed by atoms with van der Waals surface area (Å²) in [5.41, 5.74) is 0.132. The lowest BCUT2D eigenvalue weighted by molar-refractivity contribution is -0.135. The molecule has 0 saturated carbocycles. The molecule has 1 rings (SSSR count). The van der Waals surface area contributed by atoms with Gasteiger partial charge in [0, 0.05) is 18.3 Å². The smallest absolute Gasteiger partial charge is 0.414 e. The number of methoxy groups -OCH3 is 1. The Kier molecular flexibility index (Phi) is 4.76. The number of hydrogen-bond donors (Lipinski definition) is 0. The van der Waals surface area contributed by atoms with Gasteiger partial charge < -0.3 is 9.47 Å². The number of allylic oxidation sites excluding steroid dienone is 1. The Labute approximate surface area is 108 Å². The lowest BCUT2D eigenvalue weighted by atomic mass is 10.1. The molecule has 102 valence electrons. The minimum Gasteiger partial charge on any atom is -0.466 e. The van der Waals surface area contributed by atoms with E-state index in [-0.39, 0.29) is 0 Å². The summed E-state index contributed by atoms with van der Waals surface area (Å²) in [6.45, 7) is 6.04. The van der Waals surface area contributed by atoms with Gasteiger partial charge in [0.25, 0.3) is 0 Å². The molecule has 5 heteroatoms. The van der Waals surface area contributed by atoms with Crippen LogP contribution in [0.25, 0.3) is 0 Å². The topological polar surface area (TPSA) is 55.8 Å². The molecule has 0 aromatic carbocycles. The molecule has 1 saturated heterocycles. The van der Waals surface area contributed by atoms with Crippen molar-refractivity contribution >= 4 is 12.1 Å². The van der Waals surface area contributed by atoms with E-state index < -0.39 is 17.7 Å². The maximum atomic E-state index is 12.0. The van der Waals surface area contributed by atoms with Crippen LogP contribution >= 0.6 is 0 Å². The van der Waals surface area contributed by atoms with Gasteiger partial charge in [-0.3, -0.25) is 4.90 Å². The molecule has 0 atom stereocenters. The van der Waals surface area contributed by atoms with Crippen molar-refractivity contribution in [3.63, 3.8) is 0 Å². The third kappa shape index (κ3) is 4.39. The van der Waals surface area contributed by atoms with Gasteiger partial charge >= 0.3 is 12.1 Å². The zero-order valence-corrected chi connectivity index (χ0v) is 11.5. The summed E-state index contributed by atoms with van der Waals surface area (Å²) >= 11 is 0. The molecule has 0 aromatic heterocycles. The van der Waals surface area contributed by atoms with Crippen molar-refractivity contribution in [1.29, 1.82) is 0 Å². The molecule has 5 nitrogen and oxygen atoms in total. The average molecular weight is 255 g/mol. The molecule has 1 heterocycles. The van der Waals surface area contributed by atoms with E-state index in [9.17, 15) is 9.59 Å². The number of hydrogen-bond acceptors (Lipinski definition) is 4. The second kappa shape index (κ2) is 5.89. The fourth-order valence-corrected chi connectivity index (χ4v) is 1.73. The Hall–Kier alpha value is -1.52. The van der Waals surface area contributed by atoms with Crippen LogP contribution in [-0.2, 0) is 14.3 Å². The van der Waals surface area contributed by atoms with Crippen LogP contribution in [0.5, 0.6) is 0 Å². The number of rotatable bonds is 1. The highest BCUT2D eigenvalue weighted by atomic mass is 16.6. The summed E-state index contributed by atoms with van der Waals surface area (Å²) in [5, 5.41) is 0. The van der Waals surface area contributed by atoms with Crippen LogP contribution in [0.2, 0.25) is 0 Å². The first-order valence-electron chi connectivity index (χ1n) is 6.12. The lowest BCUT2D eigenvalue weighted by Gasteiger charge is -2.31. The highest BCUT2D eigenvalue weighted by molar-refractivity contribution is 5.84. The van der Waals surface area contributed by atoms with Crippen LogP contribution in [-0.4, -0.2) is 36.2 Å². The van der Waals surface area contributed by atoms with E-state index in [0.29, 0.717) is 18.7 Å². The second-order valence-electron chi connectivity index (χ2n) is 5.25. The number of nitrogens with zero attached hydrogens (tertiary/aromatic N) is 1. The predicted octanol–water partition coefficient (Wildman–Crippen LogP) is 2.46. The highest BCUT2D eigenvalue weighted by Gasteiger charge is 2.27. The minimum absolute atomic E-state index is 0.405. The highest BCUT2D eigenvalue weighted by Crippen LogP contribution is 2.23. The first kappa shape index (κ1) is 14.5. The fourth-order valence-electron chi connectivity index (χ4n) is 1.73. The zero-order valence-electron chi connectivity index (χ0n) is 11.5. The van der Waals surface area contributed by atoms with Gasteiger partial charge in [-0.15, -0.1) is 0 Å². The van der Waals surface area contributed by atoms with E-state index in [0.717, 1.165) is 12.8 Å². The SMILES string of the molecule is COC(=O)C=C1CCCCN1C(=O)OC(C)(C)C. The van der Waals surface area contributed by atoms with Crippen LogP contribution < -0.4 is 0 Å². The van der Waals surface area contributed by atoms with Gasteiger partial charge in [-0.25, -0.2) is 9.59 Å². The first-order chi connectivity index (χ1) is 8.33. The summed E-state index contributed by atoms with van der Waals surface area (Å²) in [6, 6.07) is 0. The molecule has 1 aliphatic heterocycles. The number of carbonyl (C=O) groups excluding carboxylic acids is 2. The van der Waals surface area contributed by atoms with E-state index in [2.05, 4.69) is 4.74 Å². The molecule has 0 radical (unpaired) electrons. The van der Waals surface area contributed by atoms with Crippen LogP contribution in [0, 0.1) is 0 Å². The van der Waals surface area contributed by atoms with Crippen LogP contribution in [0.15, 0.2) is 11.8 Å². The third-order valence-corrected chi connectivity index (χ3v) is 2.51. The molecule has 1 fully saturated rings. The number of ether oxygens (including phenoxy) is 2. The lowest BCUT2D eigenvalue weighted by Crippen LogP contribution is -2.38. The zero-order chi connectivity index (χ0) is 13.8. The number of piperidine rings is 1. The monoisotopic (exact) mass is 255 g/mol. The molecule has 0 N–H and O–H groups in total. The summed E-state index contributed by atoms with van der Waals surface area (Å²) in [7, 11) is 1.32. The van der Waals surface area contributed by atoms with E-state index in [4.69, 9.17) is 4.74 Å². The standard InChI is InChI=1S/C13H21NO4/c1-13(2,3)18-12(16)14-8-6-5-7-10(14)9-11(15)17-4/h9H,5-8H2,1-4H3. The molecule has 0 spiro atoms.